The van der Waals surface area contributed by atoms with Gasteiger partial charge in [0.2, 0.25) is 11.7 Å². The molecule has 6 rings (SSSR count). The summed E-state index contributed by atoms with van der Waals surface area (Å²) in [4.78, 5) is 22.2. The Morgan fingerprint density at radius 3 is 2.43 bits per heavy atom. The second kappa shape index (κ2) is 14.6. The van der Waals surface area contributed by atoms with Crippen molar-refractivity contribution in [2.75, 3.05) is 50.0 Å². The number of anilines is 2. The number of hydrogen-bond acceptors (Lipinski definition) is 10. The van der Waals surface area contributed by atoms with Crippen molar-refractivity contribution in [1.29, 1.82) is 0 Å². The number of morpholine rings is 1. The fraction of sp³-hybridized carbons (Fsp3) is 0.343. The van der Waals surface area contributed by atoms with Crippen LogP contribution in [0.2, 0.25) is 0 Å². The number of aromatic nitrogens is 3. The molecule has 0 amide bonds. The van der Waals surface area contributed by atoms with E-state index in [4.69, 9.17) is 25.7 Å². The van der Waals surface area contributed by atoms with Gasteiger partial charge in [0.05, 0.1) is 48.2 Å². The third-order valence-corrected chi connectivity index (χ3v) is 8.89. The van der Waals surface area contributed by atoms with Crippen molar-refractivity contribution in [2.45, 2.75) is 39.3 Å². The number of Topliss-reactive ketones (excluding diaryl/α,β-unsaturated/α-hetero) is 1. The maximum Gasteiger partial charge on any atom is 0.387 e. The molecule has 0 unspecified atom stereocenters. The van der Waals surface area contributed by atoms with Gasteiger partial charge in [-0.05, 0) is 73.7 Å². The third-order valence-electron chi connectivity index (χ3n) is 8.89. The van der Waals surface area contributed by atoms with E-state index in [0.717, 1.165) is 44.7 Å². The zero-order valence-corrected chi connectivity index (χ0v) is 27.2. The number of ketones is 1. The molecule has 14 heteroatoms. The Hall–Kier alpha value is -5.08. The van der Waals surface area contributed by atoms with Gasteiger partial charge >= 0.3 is 6.61 Å². The number of allylic oxidation sites excluding steroid dienone is 1. The zero-order valence-electron chi connectivity index (χ0n) is 27.2. The molecule has 0 radical (unpaired) electrons. The number of piperidine rings is 1. The number of aryl methyl sites for hydroxylation is 2. The summed E-state index contributed by atoms with van der Waals surface area (Å²) in [6, 6.07) is 11.3. The molecule has 2 aromatic heterocycles. The van der Waals surface area contributed by atoms with E-state index in [1.54, 1.807) is 31.2 Å². The van der Waals surface area contributed by atoms with Crippen LogP contribution in [0.15, 0.2) is 60.6 Å². The molecule has 4 heterocycles. The summed E-state index contributed by atoms with van der Waals surface area (Å²) in [5.74, 6) is -0.913. The summed E-state index contributed by atoms with van der Waals surface area (Å²) in [6.07, 6.45) is 5.95. The Kier molecular flexibility index (Phi) is 10.1. The summed E-state index contributed by atoms with van der Waals surface area (Å²) in [6.45, 7) is 5.17. The number of benzene rings is 2. The van der Waals surface area contributed by atoms with E-state index in [2.05, 4.69) is 19.9 Å². The molecule has 49 heavy (non-hydrogen) atoms. The lowest BCUT2D eigenvalue weighted by Crippen LogP contribution is -2.49. The van der Waals surface area contributed by atoms with Crippen LogP contribution in [0.1, 0.15) is 39.9 Å². The third kappa shape index (κ3) is 7.50. The molecule has 258 valence electrons. The summed E-state index contributed by atoms with van der Waals surface area (Å²) in [7, 11) is 0. The van der Waals surface area contributed by atoms with Crippen LogP contribution in [-0.4, -0.2) is 77.5 Å². The van der Waals surface area contributed by atoms with Crippen LogP contribution in [0.3, 0.4) is 0 Å². The van der Waals surface area contributed by atoms with Gasteiger partial charge in [0.15, 0.2) is 11.6 Å². The van der Waals surface area contributed by atoms with E-state index >= 15 is 0 Å². The van der Waals surface area contributed by atoms with Crippen molar-refractivity contribution < 1.29 is 32.2 Å². The molecule has 2 aromatic carbocycles. The maximum atomic E-state index is 14.0. The van der Waals surface area contributed by atoms with E-state index in [0.29, 0.717) is 41.6 Å². The number of alkyl halides is 2. The second-order valence-corrected chi connectivity index (χ2v) is 12.0. The number of para-hydroxylation sites is 1. The highest BCUT2D eigenvalue weighted by atomic mass is 19.3. The Morgan fingerprint density at radius 1 is 1.00 bits per heavy atom. The Labute approximate surface area is 281 Å². The van der Waals surface area contributed by atoms with Crippen LogP contribution in [-0.2, 0) is 4.74 Å². The fourth-order valence-electron chi connectivity index (χ4n) is 6.25. The molecule has 2 aliphatic rings. The van der Waals surface area contributed by atoms with Crippen LogP contribution in [0.25, 0.3) is 11.8 Å². The van der Waals surface area contributed by atoms with Crippen LogP contribution in [0, 0.1) is 19.7 Å². The first-order valence-electron chi connectivity index (χ1n) is 16.0. The lowest BCUT2D eigenvalue weighted by atomic mass is 9.99. The zero-order chi connectivity index (χ0) is 34.7. The van der Waals surface area contributed by atoms with Crippen LogP contribution in [0.5, 0.6) is 17.4 Å². The van der Waals surface area contributed by atoms with Crippen molar-refractivity contribution in [3.8, 4) is 23.1 Å². The number of halogens is 3. The quantitative estimate of drug-likeness (QED) is 0.164. The number of ether oxygens (including phenoxy) is 3. The molecule has 0 saturated carbocycles. The highest BCUT2D eigenvalue weighted by molar-refractivity contribution is 6.13. The van der Waals surface area contributed by atoms with Crippen molar-refractivity contribution in [1.82, 2.24) is 19.7 Å². The number of nitrogens with two attached hydrogens (primary N) is 2. The lowest BCUT2D eigenvalue weighted by Gasteiger charge is -2.41. The molecule has 2 fully saturated rings. The predicted molar refractivity (Wildman–Crippen MR) is 179 cm³/mol. The molecule has 0 atom stereocenters. The molecule has 2 saturated heterocycles. The number of nitrogens with zero attached hydrogens (tertiary/aromatic N) is 5. The van der Waals surface area contributed by atoms with Crippen molar-refractivity contribution >= 4 is 23.4 Å². The summed E-state index contributed by atoms with van der Waals surface area (Å²) in [5, 5.41) is 4.28. The van der Waals surface area contributed by atoms with E-state index in [-0.39, 0.29) is 34.5 Å². The highest BCUT2D eigenvalue weighted by Gasteiger charge is 2.28. The molecular formula is C35H38F3N7O4. The van der Waals surface area contributed by atoms with Gasteiger partial charge in [0, 0.05) is 38.3 Å². The number of pyridine rings is 1. The molecule has 4 N–H and O–H groups in total. The summed E-state index contributed by atoms with van der Waals surface area (Å²) in [5.41, 5.74) is 15.4. The van der Waals surface area contributed by atoms with Crippen molar-refractivity contribution in [3.05, 3.63) is 88.6 Å². The number of nitrogen functional groups attached to an aromatic ring is 1. The first-order chi connectivity index (χ1) is 23.6. The monoisotopic (exact) mass is 677 g/mol. The standard InChI is InChI=1S/C35H38F3N7O4/c1-21-15-28(44-9-7-24(8-10-44)43-11-13-47-14-12-43)31(49-35(37)38)18-23(21)17-27(39)33(46)25-19-42-45(34(25)40)29-20-41-32(16-22(29)2)48-30-6-4-3-5-26(30)36/h3-6,15-20,24,35H,7-14,39-40H2,1-2H3/b27-17-. The number of hydrogen-bond donors (Lipinski definition) is 2. The van der Waals surface area contributed by atoms with Gasteiger partial charge in [-0.15, -0.1) is 0 Å². The summed E-state index contributed by atoms with van der Waals surface area (Å²) < 4.78 is 58.5. The number of rotatable bonds is 10. The first-order valence-corrected chi connectivity index (χ1v) is 16.0. The minimum atomic E-state index is -3.04. The van der Waals surface area contributed by atoms with Gasteiger partial charge in [-0.2, -0.15) is 13.9 Å². The second-order valence-electron chi connectivity index (χ2n) is 12.0. The van der Waals surface area contributed by atoms with Crippen molar-refractivity contribution in [3.63, 3.8) is 0 Å². The number of carbonyl (C=O) groups is 1. The molecule has 0 bridgehead atoms. The lowest BCUT2D eigenvalue weighted by molar-refractivity contribution is -0.0495. The average Bonchev–Trinajstić information content (AvgIpc) is 3.47. The fourth-order valence-corrected chi connectivity index (χ4v) is 6.25. The van der Waals surface area contributed by atoms with Gasteiger partial charge in [0.1, 0.15) is 11.6 Å². The maximum absolute atomic E-state index is 14.0. The SMILES string of the molecule is Cc1cc(N2CCC(N3CCOCC3)CC2)c(OC(F)F)cc1/C=C(\N)C(=O)c1cnn(-c2cnc(Oc3ccccc3F)cc2C)c1N. The van der Waals surface area contributed by atoms with E-state index in [9.17, 15) is 18.0 Å². The molecule has 2 aliphatic heterocycles. The first kappa shape index (κ1) is 33.8. The topological polar surface area (TPSA) is 134 Å². The normalized spacial score (nSPS) is 16.3. The van der Waals surface area contributed by atoms with Gasteiger partial charge in [0.25, 0.3) is 0 Å². The largest absolute Gasteiger partial charge is 0.436 e. The molecular weight excluding hydrogens is 639 g/mol. The minimum Gasteiger partial charge on any atom is -0.436 e. The van der Waals surface area contributed by atoms with Crippen LogP contribution in [0.4, 0.5) is 24.7 Å². The predicted octanol–water partition coefficient (Wildman–Crippen LogP) is 5.48. The smallest absolute Gasteiger partial charge is 0.387 e. The van der Waals surface area contributed by atoms with E-state index in [1.807, 2.05) is 6.92 Å². The number of carbonyl (C=O) groups excluding carboxylic acids is 1. The molecule has 4 aromatic rings. The van der Waals surface area contributed by atoms with E-state index in [1.165, 1.54) is 41.4 Å². The molecule has 0 spiro atoms. The Morgan fingerprint density at radius 2 is 1.73 bits per heavy atom. The Bertz CT molecular complexity index is 1850. The van der Waals surface area contributed by atoms with Gasteiger partial charge < -0.3 is 30.6 Å². The summed E-state index contributed by atoms with van der Waals surface area (Å²) >= 11 is 0. The average molecular weight is 678 g/mol. The molecule has 0 aliphatic carbocycles. The van der Waals surface area contributed by atoms with Gasteiger partial charge in [-0.3, -0.25) is 9.69 Å². The van der Waals surface area contributed by atoms with Gasteiger partial charge in [-0.25, -0.2) is 14.1 Å². The van der Waals surface area contributed by atoms with E-state index < -0.39 is 18.2 Å². The van der Waals surface area contributed by atoms with Crippen molar-refractivity contribution in [2.24, 2.45) is 5.73 Å². The van der Waals surface area contributed by atoms with Gasteiger partial charge in [-0.1, -0.05) is 12.1 Å². The molecule has 11 nitrogen and oxygen atoms in total. The van der Waals surface area contributed by atoms with Crippen LogP contribution >= 0.6 is 0 Å². The van der Waals surface area contributed by atoms with Crippen LogP contribution < -0.4 is 25.8 Å². The highest BCUT2D eigenvalue weighted by Crippen LogP contribution is 2.36. The Balaban J connectivity index is 1.20. The minimum absolute atomic E-state index is 0.00894.